The number of piperazine rings is 1. The van der Waals surface area contributed by atoms with Crippen LogP contribution in [0.1, 0.15) is 5.56 Å². The lowest BCUT2D eigenvalue weighted by molar-refractivity contribution is 0.233. The summed E-state index contributed by atoms with van der Waals surface area (Å²) >= 11 is 0. The molecule has 0 atom stereocenters. The molecule has 4 nitrogen and oxygen atoms in total. The Kier molecular flexibility index (Phi) is 2.74. The van der Waals surface area contributed by atoms with Gasteiger partial charge in [-0.3, -0.25) is 4.90 Å². The van der Waals surface area contributed by atoms with E-state index in [0.717, 1.165) is 43.7 Å². The van der Waals surface area contributed by atoms with Crippen molar-refractivity contribution in [3.05, 3.63) is 30.0 Å². The minimum atomic E-state index is 0.251. The highest BCUT2D eigenvalue weighted by Crippen LogP contribution is 2.25. The third kappa shape index (κ3) is 2.14. The molecular weight excluding hydrogens is 216 g/mol. The Morgan fingerprint density at radius 2 is 2.12 bits per heavy atom. The molecule has 90 valence electrons. The lowest BCUT2D eigenvalue weighted by atomic mass is 10.1. The van der Waals surface area contributed by atoms with E-state index in [9.17, 15) is 5.11 Å². The molecule has 1 aliphatic rings. The second-order valence-corrected chi connectivity index (χ2v) is 4.47. The highest BCUT2D eigenvalue weighted by Gasteiger charge is 2.13. The number of nitrogens with zero attached hydrogens (tertiary/aromatic N) is 1. The van der Waals surface area contributed by atoms with Crippen molar-refractivity contribution >= 4 is 11.0 Å². The molecular formula is C13H16N2O2. The van der Waals surface area contributed by atoms with Crippen LogP contribution < -0.4 is 5.32 Å². The molecule has 0 saturated carbocycles. The molecule has 2 aromatic rings. The van der Waals surface area contributed by atoms with Gasteiger partial charge in [-0.25, -0.2) is 0 Å². The molecule has 0 unspecified atom stereocenters. The van der Waals surface area contributed by atoms with E-state index in [1.807, 2.05) is 6.07 Å². The van der Waals surface area contributed by atoms with E-state index >= 15 is 0 Å². The maximum atomic E-state index is 9.38. The molecule has 1 aliphatic heterocycles. The molecule has 4 heteroatoms. The van der Waals surface area contributed by atoms with Crippen LogP contribution in [0.3, 0.4) is 0 Å². The second kappa shape index (κ2) is 4.39. The van der Waals surface area contributed by atoms with Gasteiger partial charge in [0.05, 0.1) is 6.26 Å². The molecule has 1 aromatic carbocycles. The van der Waals surface area contributed by atoms with E-state index in [-0.39, 0.29) is 5.75 Å². The van der Waals surface area contributed by atoms with E-state index < -0.39 is 0 Å². The first-order chi connectivity index (χ1) is 8.33. The zero-order chi connectivity index (χ0) is 11.7. The first-order valence-electron chi connectivity index (χ1n) is 5.95. The molecule has 0 amide bonds. The van der Waals surface area contributed by atoms with Gasteiger partial charge in [-0.2, -0.15) is 0 Å². The second-order valence-electron chi connectivity index (χ2n) is 4.47. The summed E-state index contributed by atoms with van der Waals surface area (Å²) in [7, 11) is 0. The molecule has 2 heterocycles. The summed E-state index contributed by atoms with van der Waals surface area (Å²) in [6, 6.07) is 5.29. The van der Waals surface area contributed by atoms with Crippen molar-refractivity contribution in [3.63, 3.8) is 0 Å². The standard InChI is InChI=1S/C13H16N2O2/c16-11-1-2-12-10(9-17-13(12)7-11)8-15-5-3-14-4-6-15/h1-2,7,9,14,16H,3-6,8H2. The number of nitrogens with one attached hydrogen (secondary N) is 1. The number of fused-ring (bicyclic) bond motifs is 1. The van der Waals surface area contributed by atoms with Crippen LogP contribution in [-0.4, -0.2) is 36.2 Å². The summed E-state index contributed by atoms with van der Waals surface area (Å²) < 4.78 is 5.47. The quantitative estimate of drug-likeness (QED) is 0.824. The Bertz CT molecular complexity index is 515. The van der Waals surface area contributed by atoms with Gasteiger partial charge in [-0.05, 0) is 12.1 Å². The molecule has 1 aromatic heterocycles. The van der Waals surface area contributed by atoms with Gasteiger partial charge >= 0.3 is 0 Å². The Labute approximate surface area is 99.8 Å². The van der Waals surface area contributed by atoms with Crippen molar-refractivity contribution in [2.24, 2.45) is 0 Å². The van der Waals surface area contributed by atoms with Crippen LogP contribution >= 0.6 is 0 Å². The average Bonchev–Trinajstić information content (AvgIpc) is 2.73. The maximum Gasteiger partial charge on any atom is 0.137 e. The SMILES string of the molecule is Oc1ccc2c(CN3CCNCC3)coc2c1. The molecule has 17 heavy (non-hydrogen) atoms. The van der Waals surface area contributed by atoms with Crippen LogP contribution in [0.5, 0.6) is 5.75 Å². The van der Waals surface area contributed by atoms with Crippen molar-refractivity contribution < 1.29 is 9.52 Å². The predicted molar refractivity (Wildman–Crippen MR) is 66.0 cm³/mol. The van der Waals surface area contributed by atoms with Crippen LogP contribution in [0, 0.1) is 0 Å². The van der Waals surface area contributed by atoms with Crippen LogP contribution in [0.2, 0.25) is 0 Å². The summed E-state index contributed by atoms with van der Waals surface area (Å²) in [6.45, 7) is 5.17. The predicted octanol–water partition coefficient (Wildman–Crippen LogP) is 1.54. The fourth-order valence-electron chi connectivity index (χ4n) is 2.30. The molecule has 0 aliphatic carbocycles. The van der Waals surface area contributed by atoms with Gasteiger partial charge < -0.3 is 14.8 Å². The lowest BCUT2D eigenvalue weighted by Crippen LogP contribution is -2.42. The van der Waals surface area contributed by atoms with Gasteiger partial charge in [0, 0.05) is 49.7 Å². The van der Waals surface area contributed by atoms with Gasteiger partial charge in [0.1, 0.15) is 11.3 Å². The first-order valence-corrected chi connectivity index (χ1v) is 5.95. The molecule has 0 radical (unpaired) electrons. The van der Waals surface area contributed by atoms with Crippen LogP contribution in [-0.2, 0) is 6.54 Å². The summed E-state index contributed by atoms with van der Waals surface area (Å²) in [5.41, 5.74) is 1.96. The number of aromatic hydroxyl groups is 1. The zero-order valence-corrected chi connectivity index (χ0v) is 9.65. The lowest BCUT2D eigenvalue weighted by Gasteiger charge is -2.26. The summed E-state index contributed by atoms with van der Waals surface area (Å²) in [5, 5.41) is 13.8. The zero-order valence-electron chi connectivity index (χ0n) is 9.65. The van der Waals surface area contributed by atoms with Crippen LogP contribution in [0.4, 0.5) is 0 Å². The monoisotopic (exact) mass is 232 g/mol. The minimum Gasteiger partial charge on any atom is -0.508 e. The number of hydrogen-bond acceptors (Lipinski definition) is 4. The summed E-state index contributed by atoms with van der Waals surface area (Å²) in [4.78, 5) is 2.41. The minimum absolute atomic E-state index is 0.251. The van der Waals surface area contributed by atoms with E-state index in [0.29, 0.717) is 0 Å². The molecule has 2 N–H and O–H groups in total. The molecule has 1 saturated heterocycles. The Morgan fingerprint density at radius 1 is 1.29 bits per heavy atom. The van der Waals surface area contributed by atoms with E-state index in [1.54, 1.807) is 18.4 Å². The smallest absolute Gasteiger partial charge is 0.137 e. The number of benzene rings is 1. The van der Waals surface area contributed by atoms with Crippen molar-refractivity contribution in [2.75, 3.05) is 26.2 Å². The van der Waals surface area contributed by atoms with Crippen LogP contribution in [0.25, 0.3) is 11.0 Å². The van der Waals surface area contributed by atoms with Gasteiger partial charge in [-0.1, -0.05) is 0 Å². The largest absolute Gasteiger partial charge is 0.508 e. The molecule has 1 fully saturated rings. The third-order valence-corrected chi connectivity index (χ3v) is 3.24. The normalized spacial score (nSPS) is 17.6. The van der Waals surface area contributed by atoms with Gasteiger partial charge in [0.15, 0.2) is 0 Å². The van der Waals surface area contributed by atoms with E-state index in [1.165, 1.54) is 5.56 Å². The topological polar surface area (TPSA) is 48.6 Å². The van der Waals surface area contributed by atoms with Crippen molar-refractivity contribution in [1.29, 1.82) is 0 Å². The maximum absolute atomic E-state index is 9.38. The van der Waals surface area contributed by atoms with Crippen molar-refractivity contribution in [3.8, 4) is 5.75 Å². The first kappa shape index (κ1) is 10.6. The number of phenolic OH excluding ortho intramolecular Hbond substituents is 1. The molecule has 0 bridgehead atoms. The number of hydrogen-bond donors (Lipinski definition) is 2. The highest BCUT2D eigenvalue weighted by molar-refractivity contribution is 5.82. The fourth-order valence-corrected chi connectivity index (χ4v) is 2.30. The highest BCUT2D eigenvalue weighted by atomic mass is 16.3. The van der Waals surface area contributed by atoms with E-state index in [4.69, 9.17) is 4.42 Å². The molecule has 3 rings (SSSR count). The summed E-state index contributed by atoms with van der Waals surface area (Å²) in [5.74, 6) is 0.251. The Hall–Kier alpha value is -1.52. The van der Waals surface area contributed by atoms with Gasteiger partial charge in [0.2, 0.25) is 0 Å². The Balaban J connectivity index is 1.84. The van der Waals surface area contributed by atoms with Crippen LogP contribution in [0.15, 0.2) is 28.9 Å². The number of furan rings is 1. The van der Waals surface area contributed by atoms with Gasteiger partial charge in [-0.15, -0.1) is 0 Å². The molecule has 0 spiro atoms. The van der Waals surface area contributed by atoms with Gasteiger partial charge in [0.25, 0.3) is 0 Å². The Morgan fingerprint density at radius 3 is 2.94 bits per heavy atom. The fraction of sp³-hybridized carbons (Fsp3) is 0.385. The number of rotatable bonds is 2. The number of phenols is 1. The van der Waals surface area contributed by atoms with Crippen molar-refractivity contribution in [1.82, 2.24) is 10.2 Å². The third-order valence-electron chi connectivity index (χ3n) is 3.24. The van der Waals surface area contributed by atoms with E-state index in [2.05, 4.69) is 10.2 Å². The summed E-state index contributed by atoms with van der Waals surface area (Å²) in [6.07, 6.45) is 1.80. The average molecular weight is 232 g/mol. The van der Waals surface area contributed by atoms with Crippen molar-refractivity contribution in [2.45, 2.75) is 6.54 Å².